The molecule has 0 saturated carbocycles. The van der Waals surface area contributed by atoms with Crippen molar-refractivity contribution in [1.29, 1.82) is 0 Å². The molecule has 1 atom stereocenters. The maximum absolute atomic E-state index is 5.92. The third-order valence-electron chi connectivity index (χ3n) is 2.94. The molecule has 1 aliphatic heterocycles. The lowest BCUT2D eigenvalue weighted by Gasteiger charge is -2.28. The molecule has 0 bridgehead atoms. The number of hydrogen-bond acceptors (Lipinski definition) is 3. The van der Waals surface area contributed by atoms with Gasteiger partial charge < -0.3 is 11.1 Å². The Morgan fingerprint density at radius 3 is 2.50 bits per heavy atom. The molecule has 4 nitrogen and oxygen atoms in total. The molecule has 0 amide bonds. The number of aryl methyl sites for hydroxylation is 1. The largest absolute Gasteiger partial charge is 0.324 e. The molecule has 0 radical (unpaired) electrons. The van der Waals surface area contributed by atoms with Crippen molar-refractivity contribution in [1.82, 2.24) is 15.1 Å². The Labute approximate surface area is 84.5 Å². The second-order valence-corrected chi connectivity index (χ2v) is 4.13. The van der Waals surface area contributed by atoms with Crippen LogP contribution in [0.5, 0.6) is 0 Å². The van der Waals surface area contributed by atoms with E-state index in [9.17, 15) is 0 Å². The van der Waals surface area contributed by atoms with E-state index in [0.29, 0.717) is 6.04 Å². The van der Waals surface area contributed by atoms with Gasteiger partial charge in [0, 0.05) is 30.4 Å². The second-order valence-electron chi connectivity index (χ2n) is 4.13. The molecule has 1 fully saturated rings. The van der Waals surface area contributed by atoms with Crippen molar-refractivity contribution < 1.29 is 0 Å². The zero-order valence-electron chi connectivity index (χ0n) is 9.04. The first-order valence-electron chi connectivity index (χ1n) is 5.13. The van der Waals surface area contributed by atoms with E-state index >= 15 is 0 Å². The van der Waals surface area contributed by atoms with Crippen molar-refractivity contribution in [2.75, 3.05) is 13.1 Å². The predicted octanol–water partition coefficient (Wildman–Crippen LogP) is 0.664. The molecular weight excluding hydrogens is 176 g/mol. The SMILES string of the molecule is Cc1nn(C2CNC2)c(C)c1C(C)N. The Bertz CT molecular complexity index is 336. The number of aromatic nitrogens is 2. The molecular formula is C10H18N4. The summed E-state index contributed by atoms with van der Waals surface area (Å²) < 4.78 is 2.12. The molecule has 14 heavy (non-hydrogen) atoms. The Balaban J connectivity index is 2.38. The van der Waals surface area contributed by atoms with E-state index in [4.69, 9.17) is 5.73 Å². The topological polar surface area (TPSA) is 55.9 Å². The van der Waals surface area contributed by atoms with Crippen LogP contribution in [-0.4, -0.2) is 22.9 Å². The van der Waals surface area contributed by atoms with Crippen LogP contribution in [0.3, 0.4) is 0 Å². The van der Waals surface area contributed by atoms with E-state index in [1.807, 2.05) is 13.8 Å². The average Bonchev–Trinajstić information content (AvgIpc) is 2.23. The van der Waals surface area contributed by atoms with Gasteiger partial charge in [-0.15, -0.1) is 0 Å². The lowest BCUT2D eigenvalue weighted by molar-refractivity contribution is 0.312. The van der Waals surface area contributed by atoms with Crippen molar-refractivity contribution >= 4 is 0 Å². The van der Waals surface area contributed by atoms with Crippen LogP contribution in [0.2, 0.25) is 0 Å². The molecule has 0 aromatic carbocycles. The van der Waals surface area contributed by atoms with Gasteiger partial charge in [-0.2, -0.15) is 5.10 Å². The Kier molecular flexibility index (Phi) is 2.33. The van der Waals surface area contributed by atoms with Crippen molar-refractivity contribution in [2.24, 2.45) is 5.73 Å². The number of nitrogens with one attached hydrogen (secondary N) is 1. The molecule has 1 aliphatic rings. The van der Waals surface area contributed by atoms with Crippen LogP contribution in [0.4, 0.5) is 0 Å². The van der Waals surface area contributed by atoms with Crippen molar-refractivity contribution in [3.8, 4) is 0 Å². The van der Waals surface area contributed by atoms with Gasteiger partial charge in [0.2, 0.25) is 0 Å². The van der Waals surface area contributed by atoms with Gasteiger partial charge in [-0.1, -0.05) is 0 Å². The summed E-state index contributed by atoms with van der Waals surface area (Å²) in [7, 11) is 0. The smallest absolute Gasteiger partial charge is 0.0771 e. The van der Waals surface area contributed by atoms with Crippen molar-refractivity contribution in [3.63, 3.8) is 0 Å². The number of rotatable bonds is 2. The van der Waals surface area contributed by atoms with Crippen LogP contribution in [0.1, 0.15) is 36.0 Å². The fourth-order valence-electron chi connectivity index (χ4n) is 2.14. The second kappa shape index (κ2) is 3.37. The van der Waals surface area contributed by atoms with E-state index in [-0.39, 0.29) is 6.04 Å². The summed E-state index contributed by atoms with van der Waals surface area (Å²) in [5.41, 5.74) is 9.42. The number of hydrogen-bond donors (Lipinski definition) is 2. The Morgan fingerprint density at radius 1 is 1.50 bits per heavy atom. The summed E-state index contributed by atoms with van der Waals surface area (Å²) in [5, 5.41) is 7.80. The molecule has 2 heterocycles. The molecule has 4 heteroatoms. The van der Waals surface area contributed by atoms with Crippen molar-refractivity contribution in [3.05, 3.63) is 17.0 Å². The summed E-state index contributed by atoms with van der Waals surface area (Å²) in [4.78, 5) is 0. The first kappa shape index (κ1) is 9.68. The van der Waals surface area contributed by atoms with E-state index < -0.39 is 0 Å². The predicted molar refractivity (Wildman–Crippen MR) is 56.2 cm³/mol. The van der Waals surface area contributed by atoms with Gasteiger partial charge in [-0.3, -0.25) is 4.68 Å². The summed E-state index contributed by atoms with van der Waals surface area (Å²) in [6, 6.07) is 0.609. The Morgan fingerprint density at radius 2 is 2.14 bits per heavy atom. The highest BCUT2D eigenvalue weighted by atomic mass is 15.3. The van der Waals surface area contributed by atoms with Crippen LogP contribution in [0, 0.1) is 13.8 Å². The fraction of sp³-hybridized carbons (Fsp3) is 0.700. The molecule has 1 saturated heterocycles. The van der Waals surface area contributed by atoms with Crippen molar-refractivity contribution in [2.45, 2.75) is 32.9 Å². The average molecular weight is 194 g/mol. The van der Waals surface area contributed by atoms with Gasteiger partial charge in [-0.05, 0) is 20.8 Å². The minimum Gasteiger partial charge on any atom is -0.324 e. The van der Waals surface area contributed by atoms with Crippen LogP contribution < -0.4 is 11.1 Å². The lowest BCUT2D eigenvalue weighted by Crippen LogP contribution is -2.44. The highest BCUT2D eigenvalue weighted by Crippen LogP contribution is 2.23. The number of nitrogens with two attached hydrogens (primary N) is 1. The van der Waals surface area contributed by atoms with Crippen LogP contribution >= 0.6 is 0 Å². The van der Waals surface area contributed by atoms with E-state index in [1.165, 1.54) is 11.3 Å². The quantitative estimate of drug-likeness (QED) is 0.727. The lowest BCUT2D eigenvalue weighted by atomic mass is 10.1. The summed E-state index contributed by atoms with van der Waals surface area (Å²) in [5.74, 6) is 0. The molecule has 0 spiro atoms. The first-order valence-corrected chi connectivity index (χ1v) is 5.13. The maximum atomic E-state index is 5.92. The summed E-state index contributed by atoms with van der Waals surface area (Å²) >= 11 is 0. The molecule has 3 N–H and O–H groups in total. The minimum atomic E-state index is 0.0804. The van der Waals surface area contributed by atoms with Gasteiger partial charge >= 0.3 is 0 Å². The monoisotopic (exact) mass is 194 g/mol. The van der Waals surface area contributed by atoms with Gasteiger partial charge in [0.05, 0.1) is 11.7 Å². The van der Waals surface area contributed by atoms with E-state index in [2.05, 4.69) is 22.0 Å². The van der Waals surface area contributed by atoms with E-state index in [0.717, 1.165) is 18.8 Å². The molecule has 2 rings (SSSR count). The zero-order valence-corrected chi connectivity index (χ0v) is 9.04. The highest BCUT2D eigenvalue weighted by molar-refractivity contribution is 5.28. The van der Waals surface area contributed by atoms with Gasteiger partial charge in [-0.25, -0.2) is 0 Å². The summed E-state index contributed by atoms with van der Waals surface area (Å²) in [6.07, 6.45) is 0. The minimum absolute atomic E-state index is 0.0804. The molecule has 1 unspecified atom stereocenters. The van der Waals surface area contributed by atoms with Crippen LogP contribution in [0.25, 0.3) is 0 Å². The normalized spacial score (nSPS) is 19.4. The fourth-order valence-corrected chi connectivity index (χ4v) is 2.14. The Hall–Kier alpha value is -0.870. The summed E-state index contributed by atoms with van der Waals surface area (Å²) in [6.45, 7) is 8.21. The molecule has 0 aliphatic carbocycles. The van der Waals surface area contributed by atoms with Crippen LogP contribution in [-0.2, 0) is 0 Å². The third-order valence-corrected chi connectivity index (χ3v) is 2.94. The highest BCUT2D eigenvalue weighted by Gasteiger charge is 2.24. The van der Waals surface area contributed by atoms with Gasteiger partial charge in [0.1, 0.15) is 0 Å². The van der Waals surface area contributed by atoms with Crippen LogP contribution in [0.15, 0.2) is 0 Å². The van der Waals surface area contributed by atoms with Gasteiger partial charge in [0.25, 0.3) is 0 Å². The van der Waals surface area contributed by atoms with Gasteiger partial charge in [0.15, 0.2) is 0 Å². The van der Waals surface area contributed by atoms with E-state index in [1.54, 1.807) is 0 Å². The molecule has 1 aromatic rings. The maximum Gasteiger partial charge on any atom is 0.0771 e. The number of nitrogens with zero attached hydrogens (tertiary/aromatic N) is 2. The zero-order chi connectivity index (χ0) is 10.3. The standard InChI is InChI=1S/C10H18N4/c1-6(11)10-7(2)13-14(8(10)3)9-4-12-5-9/h6,9,12H,4-5,11H2,1-3H3. The molecule has 78 valence electrons. The first-order chi connectivity index (χ1) is 6.61. The third kappa shape index (κ3) is 1.35. The molecule has 1 aromatic heterocycles.